The Morgan fingerprint density at radius 1 is 1.26 bits per heavy atom. The number of carbonyl (C=O) groups excluding carboxylic acids is 2. The van der Waals surface area contributed by atoms with Crippen LogP contribution < -0.4 is 0 Å². The Balaban J connectivity index is 1.18. The van der Waals surface area contributed by atoms with Crippen LogP contribution in [0.1, 0.15) is 37.8 Å². The Hall–Kier alpha value is -2.68. The minimum atomic E-state index is -0.392. The Morgan fingerprint density at radius 3 is 2.90 bits per heavy atom. The third-order valence-corrected chi connectivity index (χ3v) is 7.12. The number of amidine groups is 1. The first kappa shape index (κ1) is 20.2. The maximum atomic E-state index is 13.1. The predicted octanol–water partition coefficient (Wildman–Crippen LogP) is 3.79. The van der Waals surface area contributed by atoms with Crippen molar-refractivity contribution in [3.63, 3.8) is 0 Å². The van der Waals surface area contributed by atoms with E-state index in [1.807, 2.05) is 0 Å². The zero-order valence-corrected chi connectivity index (χ0v) is 17.6. The van der Waals surface area contributed by atoms with Crippen LogP contribution >= 0.6 is 11.8 Å². The lowest BCUT2D eigenvalue weighted by molar-refractivity contribution is -0.147. The van der Waals surface area contributed by atoms with Gasteiger partial charge in [-0.05, 0) is 37.1 Å². The summed E-state index contributed by atoms with van der Waals surface area (Å²) in [6.45, 7) is -0.0248. The molecular weight excluding hydrogens is 421 g/mol. The van der Waals surface area contributed by atoms with Crippen molar-refractivity contribution in [3.05, 3.63) is 41.8 Å². The number of hydrogen-bond donors (Lipinski definition) is 0. The van der Waals surface area contributed by atoms with E-state index in [2.05, 4.69) is 5.16 Å². The molecule has 0 radical (unpaired) electrons. The summed E-state index contributed by atoms with van der Waals surface area (Å²) in [4.78, 5) is 32.0. The number of esters is 1. The van der Waals surface area contributed by atoms with Crippen LogP contribution in [0.15, 0.2) is 39.8 Å². The molecule has 31 heavy (non-hydrogen) atoms. The van der Waals surface area contributed by atoms with E-state index in [-0.39, 0.29) is 42.8 Å². The van der Waals surface area contributed by atoms with E-state index in [1.165, 1.54) is 12.1 Å². The average molecular weight is 444 g/mol. The molecule has 9 heteroatoms. The third-order valence-electron chi connectivity index (χ3n) is 6.01. The number of hydrogen-bond acceptors (Lipinski definition) is 7. The van der Waals surface area contributed by atoms with Gasteiger partial charge in [-0.2, -0.15) is 0 Å². The molecule has 2 aliphatic heterocycles. The highest BCUT2D eigenvalue weighted by Crippen LogP contribution is 2.38. The lowest BCUT2D eigenvalue weighted by Gasteiger charge is -2.37. The van der Waals surface area contributed by atoms with Gasteiger partial charge < -0.3 is 9.26 Å². The molecule has 2 fully saturated rings. The summed E-state index contributed by atoms with van der Waals surface area (Å²) < 4.78 is 23.7. The molecule has 2 aromatic rings. The van der Waals surface area contributed by atoms with E-state index >= 15 is 0 Å². The number of carbonyl (C=O) groups is 2. The second kappa shape index (κ2) is 8.45. The topological polar surface area (TPSA) is 85.0 Å². The Labute approximate surface area is 183 Å². The first-order chi connectivity index (χ1) is 15.1. The molecule has 7 nitrogen and oxygen atoms in total. The fourth-order valence-electron chi connectivity index (χ4n) is 4.41. The number of nitrogens with zero attached hydrogens (tertiary/aromatic N) is 3. The molecule has 5 rings (SSSR count). The molecule has 3 aliphatic rings. The van der Waals surface area contributed by atoms with Crippen molar-refractivity contribution in [3.8, 4) is 11.3 Å². The van der Waals surface area contributed by atoms with Gasteiger partial charge in [0.2, 0.25) is 5.91 Å². The zero-order chi connectivity index (χ0) is 21.4. The quantitative estimate of drug-likeness (QED) is 0.654. The number of fused-ring (bicyclic) bond motifs is 2. The zero-order valence-electron chi connectivity index (χ0n) is 16.8. The molecule has 1 saturated carbocycles. The number of halogens is 1. The van der Waals surface area contributed by atoms with E-state index < -0.39 is 5.97 Å². The smallest absolute Gasteiger partial charge is 0.308 e. The SMILES string of the molecule is O=C(CC1CSC2=NC3CCCCC3C(=O)N21)OCc1cc(-c2ccc(F)cc2)on1. The summed E-state index contributed by atoms with van der Waals surface area (Å²) in [6.07, 6.45) is 4.15. The molecule has 3 unspecified atom stereocenters. The molecule has 1 aromatic heterocycles. The van der Waals surface area contributed by atoms with Gasteiger partial charge in [-0.1, -0.05) is 29.8 Å². The van der Waals surface area contributed by atoms with Crippen molar-refractivity contribution in [1.82, 2.24) is 10.1 Å². The van der Waals surface area contributed by atoms with E-state index in [1.54, 1.807) is 34.9 Å². The molecule has 0 bridgehead atoms. The summed E-state index contributed by atoms with van der Waals surface area (Å²) in [5, 5.41) is 4.66. The van der Waals surface area contributed by atoms with Gasteiger partial charge in [0, 0.05) is 17.4 Å². The molecule has 3 heterocycles. The monoisotopic (exact) mass is 443 g/mol. The van der Waals surface area contributed by atoms with Crippen LogP contribution in [0.4, 0.5) is 4.39 Å². The summed E-state index contributed by atoms with van der Waals surface area (Å²) in [6, 6.07) is 7.41. The number of ether oxygens (including phenoxy) is 1. The fourth-order valence-corrected chi connectivity index (χ4v) is 5.60. The van der Waals surface area contributed by atoms with Crippen LogP contribution in [0.3, 0.4) is 0 Å². The molecule has 0 N–H and O–H groups in total. The Morgan fingerprint density at radius 2 is 2.06 bits per heavy atom. The van der Waals surface area contributed by atoms with Crippen molar-refractivity contribution >= 4 is 28.8 Å². The summed E-state index contributed by atoms with van der Waals surface area (Å²) in [7, 11) is 0. The predicted molar refractivity (Wildman–Crippen MR) is 113 cm³/mol. The lowest BCUT2D eigenvalue weighted by Crippen LogP contribution is -2.50. The Bertz CT molecular complexity index is 1020. The Kier molecular flexibility index (Phi) is 5.52. The van der Waals surface area contributed by atoms with Gasteiger partial charge in [0.15, 0.2) is 10.9 Å². The van der Waals surface area contributed by atoms with Crippen LogP contribution in [0.2, 0.25) is 0 Å². The van der Waals surface area contributed by atoms with Gasteiger partial charge in [0.25, 0.3) is 0 Å². The molecule has 1 amide bonds. The second-order valence-corrected chi connectivity index (χ2v) is 9.08. The van der Waals surface area contributed by atoms with Gasteiger partial charge in [-0.25, -0.2) is 4.39 Å². The second-order valence-electron chi connectivity index (χ2n) is 8.10. The first-order valence-corrected chi connectivity index (χ1v) is 11.5. The molecule has 162 valence electrons. The van der Waals surface area contributed by atoms with Crippen molar-refractivity contribution in [1.29, 1.82) is 0 Å². The van der Waals surface area contributed by atoms with E-state index in [9.17, 15) is 14.0 Å². The van der Waals surface area contributed by atoms with Gasteiger partial charge in [-0.15, -0.1) is 0 Å². The number of thioether (sulfide) groups is 1. The maximum absolute atomic E-state index is 13.1. The molecule has 3 atom stereocenters. The van der Waals surface area contributed by atoms with Crippen LogP contribution in [-0.4, -0.2) is 44.9 Å². The van der Waals surface area contributed by atoms with Crippen LogP contribution in [-0.2, 0) is 20.9 Å². The van der Waals surface area contributed by atoms with Gasteiger partial charge >= 0.3 is 5.97 Å². The van der Waals surface area contributed by atoms with E-state index in [4.69, 9.17) is 14.3 Å². The normalized spacial score (nSPS) is 25.1. The maximum Gasteiger partial charge on any atom is 0.308 e. The number of rotatable bonds is 5. The number of benzene rings is 1. The largest absolute Gasteiger partial charge is 0.459 e. The highest BCUT2D eigenvalue weighted by molar-refractivity contribution is 8.14. The third kappa shape index (κ3) is 4.11. The highest BCUT2D eigenvalue weighted by Gasteiger charge is 2.46. The number of aromatic nitrogens is 1. The highest BCUT2D eigenvalue weighted by atomic mass is 32.2. The molecule has 1 aliphatic carbocycles. The molecule has 1 aromatic carbocycles. The van der Waals surface area contributed by atoms with E-state index in [0.29, 0.717) is 22.8 Å². The molecule has 0 spiro atoms. The van der Waals surface area contributed by atoms with Crippen LogP contribution in [0, 0.1) is 11.7 Å². The standard InChI is InChI=1S/C22H22FN3O4S/c23-14-7-5-13(6-8-14)19-9-15(25-30-19)11-29-20(27)10-16-12-31-22-24-18-4-2-1-3-17(18)21(28)26(16)22/h5-9,16-18H,1-4,10-12H2. The minimum absolute atomic E-state index is 0.0248. The average Bonchev–Trinajstić information content (AvgIpc) is 3.41. The summed E-state index contributed by atoms with van der Waals surface area (Å²) in [5.41, 5.74) is 1.15. The van der Waals surface area contributed by atoms with Gasteiger partial charge in [-0.3, -0.25) is 19.5 Å². The van der Waals surface area contributed by atoms with E-state index in [0.717, 1.165) is 30.9 Å². The molecular formula is C22H22FN3O4S. The van der Waals surface area contributed by atoms with Crippen molar-refractivity contribution < 1.29 is 23.2 Å². The van der Waals surface area contributed by atoms with Gasteiger partial charge in [0.05, 0.1) is 24.4 Å². The fraction of sp³-hybridized carbons (Fsp3) is 0.455. The first-order valence-electron chi connectivity index (χ1n) is 10.5. The summed E-state index contributed by atoms with van der Waals surface area (Å²) in [5.74, 6) is 0.462. The van der Waals surface area contributed by atoms with Crippen molar-refractivity contribution in [2.45, 2.75) is 50.8 Å². The number of aliphatic imine (C=N–C) groups is 1. The van der Waals surface area contributed by atoms with Gasteiger partial charge in [0.1, 0.15) is 18.1 Å². The minimum Gasteiger partial charge on any atom is -0.459 e. The van der Waals surface area contributed by atoms with Crippen molar-refractivity contribution in [2.24, 2.45) is 10.9 Å². The lowest BCUT2D eigenvalue weighted by atomic mass is 9.83. The summed E-state index contributed by atoms with van der Waals surface area (Å²) >= 11 is 1.55. The number of amides is 1. The van der Waals surface area contributed by atoms with Crippen LogP contribution in [0.25, 0.3) is 11.3 Å². The molecule has 1 saturated heterocycles. The van der Waals surface area contributed by atoms with Crippen molar-refractivity contribution in [2.75, 3.05) is 5.75 Å². The van der Waals surface area contributed by atoms with Crippen LogP contribution in [0.5, 0.6) is 0 Å².